The Morgan fingerprint density at radius 3 is 2.83 bits per heavy atom. The van der Waals surface area contributed by atoms with Gasteiger partial charge in [0.1, 0.15) is 6.61 Å². The zero-order chi connectivity index (χ0) is 11.7. The molecule has 1 aromatic rings. The van der Waals surface area contributed by atoms with Crippen LogP contribution in [0.3, 0.4) is 0 Å². The molecule has 4 nitrogen and oxygen atoms in total. The minimum atomic E-state index is -0.345. The van der Waals surface area contributed by atoms with Crippen molar-refractivity contribution in [2.45, 2.75) is 18.1 Å². The number of benzene rings is 1. The third-order valence-corrected chi connectivity index (χ3v) is 3.64. The highest BCUT2D eigenvalue weighted by Gasteiger charge is 2.47. The van der Waals surface area contributed by atoms with Gasteiger partial charge in [0.25, 0.3) is 0 Å². The standard InChI is InChI=1S/C13H16N2O2.ClH/c16-12-9-17-11-8-14-7-6-13(11,15-12)10-4-2-1-3-5-10;/h1-5,11,14H,6-9H2,(H,15,16);1H/t11-,13+;/m1./s1. The zero-order valence-electron chi connectivity index (χ0n) is 10.0. The van der Waals surface area contributed by atoms with Gasteiger partial charge in [-0.15, -0.1) is 12.4 Å². The van der Waals surface area contributed by atoms with Crippen LogP contribution in [0.2, 0.25) is 0 Å². The lowest BCUT2D eigenvalue weighted by molar-refractivity contribution is -0.147. The number of rotatable bonds is 1. The van der Waals surface area contributed by atoms with E-state index >= 15 is 0 Å². The fraction of sp³-hybridized carbons (Fsp3) is 0.462. The van der Waals surface area contributed by atoms with Crippen LogP contribution < -0.4 is 10.6 Å². The summed E-state index contributed by atoms with van der Waals surface area (Å²) in [4.78, 5) is 11.6. The number of hydrogen-bond acceptors (Lipinski definition) is 3. The summed E-state index contributed by atoms with van der Waals surface area (Å²) in [6.07, 6.45) is 0.893. The van der Waals surface area contributed by atoms with E-state index in [9.17, 15) is 4.79 Å². The first-order chi connectivity index (χ1) is 8.31. The van der Waals surface area contributed by atoms with Gasteiger partial charge in [-0.05, 0) is 18.5 Å². The molecule has 98 valence electrons. The predicted molar refractivity (Wildman–Crippen MR) is 70.7 cm³/mol. The third kappa shape index (κ3) is 2.11. The molecule has 2 fully saturated rings. The summed E-state index contributed by atoms with van der Waals surface area (Å²) in [5.41, 5.74) is 0.793. The molecule has 1 amide bonds. The van der Waals surface area contributed by atoms with Gasteiger partial charge in [-0.3, -0.25) is 4.79 Å². The minimum absolute atomic E-state index is 0. The molecule has 2 aliphatic rings. The zero-order valence-corrected chi connectivity index (χ0v) is 10.8. The molecule has 0 aliphatic carbocycles. The van der Waals surface area contributed by atoms with Crippen LogP contribution in [0.1, 0.15) is 12.0 Å². The molecule has 0 radical (unpaired) electrons. The fourth-order valence-electron chi connectivity index (χ4n) is 2.80. The highest BCUT2D eigenvalue weighted by Crippen LogP contribution is 2.34. The number of halogens is 1. The quantitative estimate of drug-likeness (QED) is 0.793. The Hall–Kier alpha value is -1.10. The number of carbonyl (C=O) groups is 1. The second-order valence-electron chi connectivity index (χ2n) is 4.64. The Labute approximate surface area is 113 Å². The second-order valence-corrected chi connectivity index (χ2v) is 4.64. The van der Waals surface area contributed by atoms with Crippen LogP contribution in [0.25, 0.3) is 0 Å². The van der Waals surface area contributed by atoms with Crippen LogP contribution in [-0.2, 0) is 15.1 Å². The predicted octanol–water partition coefficient (Wildman–Crippen LogP) is 0.812. The molecule has 2 aliphatic heterocycles. The minimum Gasteiger partial charge on any atom is -0.364 e. The Morgan fingerprint density at radius 2 is 2.06 bits per heavy atom. The summed E-state index contributed by atoms with van der Waals surface area (Å²) in [7, 11) is 0. The maximum absolute atomic E-state index is 11.6. The van der Waals surface area contributed by atoms with E-state index < -0.39 is 0 Å². The van der Waals surface area contributed by atoms with Crippen LogP contribution in [0.5, 0.6) is 0 Å². The molecule has 3 rings (SSSR count). The van der Waals surface area contributed by atoms with Crippen LogP contribution in [0, 0.1) is 0 Å². The van der Waals surface area contributed by atoms with Gasteiger partial charge in [0.15, 0.2) is 0 Å². The van der Waals surface area contributed by atoms with E-state index in [0.29, 0.717) is 0 Å². The highest BCUT2D eigenvalue weighted by atomic mass is 35.5. The second kappa shape index (κ2) is 5.26. The average Bonchev–Trinajstić information content (AvgIpc) is 2.39. The lowest BCUT2D eigenvalue weighted by atomic mass is 9.78. The molecule has 5 heteroatoms. The average molecular weight is 269 g/mol. The van der Waals surface area contributed by atoms with Crippen LogP contribution in [0.15, 0.2) is 30.3 Å². The highest BCUT2D eigenvalue weighted by molar-refractivity contribution is 5.85. The lowest BCUT2D eigenvalue weighted by Gasteiger charge is -2.47. The molecule has 0 bridgehead atoms. The van der Waals surface area contributed by atoms with E-state index in [0.717, 1.165) is 25.1 Å². The summed E-state index contributed by atoms with van der Waals surface area (Å²) in [5, 5.41) is 6.46. The number of nitrogens with one attached hydrogen (secondary N) is 2. The van der Waals surface area contributed by atoms with Gasteiger partial charge < -0.3 is 15.4 Å². The molecule has 0 aromatic heterocycles. The molecule has 2 N–H and O–H groups in total. The summed E-state index contributed by atoms with van der Waals surface area (Å²) >= 11 is 0. The molecular formula is C13H17ClN2O2. The number of carbonyl (C=O) groups excluding carboxylic acids is 1. The SMILES string of the molecule is Cl.O=C1CO[C@@H]2CNCC[C@@]2(c2ccccc2)N1. The summed E-state index contributed by atoms with van der Waals surface area (Å²) in [6, 6.07) is 10.1. The molecule has 0 unspecified atom stereocenters. The third-order valence-electron chi connectivity index (χ3n) is 3.64. The van der Waals surface area contributed by atoms with Crippen molar-refractivity contribution in [2.24, 2.45) is 0 Å². The Bertz CT molecular complexity index is 426. The summed E-state index contributed by atoms with van der Waals surface area (Å²) < 4.78 is 5.68. The molecule has 1 aromatic carbocycles. The maximum Gasteiger partial charge on any atom is 0.246 e. The van der Waals surface area contributed by atoms with Crippen molar-refractivity contribution in [2.75, 3.05) is 19.7 Å². The van der Waals surface area contributed by atoms with Gasteiger partial charge in [-0.2, -0.15) is 0 Å². The number of ether oxygens (including phenoxy) is 1. The fourth-order valence-corrected chi connectivity index (χ4v) is 2.80. The maximum atomic E-state index is 11.6. The molecule has 2 saturated heterocycles. The van der Waals surface area contributed by atoms with E-state index in [1.807, 2.05) is 18.2 Å². The summed E-state index contributed by atoms with van der Waals surface area (Å²) in [6.45, 7) is 1.85. The van der Waals surface area contributed by atoms with Gasteiger partial charge in [0.2, 0.25) is 5.91 Å². The van der Waals surface area contributed by atoms with Crippen molar-refractivity contribution < 1.29 is 9.53 Å². The van der Waals surface area contributed by atoms with Gasteiger partial charge in [0, 0.05) is 6.54 Å². The first-order valence-electron chi connectivity index (χ1n) is 6.00. The molecule has 0 spiro atoms. The van der Waals surface area contributed by atoms with Gasteiger partial charge in [-0.25, -0.2) is 0 Å². The number of amides is 1. The number of piperidine rings is 1. The van der Waals surface area contributed by atoms with Crippen LogP contribution >= 0.6 is 12.4 Å². The first-order valence-corrected chi connectivity index (χ1v) is 6.00. The molecule has 18 heavy (non-hydrogen) atoms. The molecule has 2 heterocycles. The number of hydrogen-bond donors (Lipinski definition) is 2. The monoisotopic (exact) mass is 268 g/mol. The van der Waals surface area contributed by atoms with Gasteiger partial charge >= 0.3 is 0 Å². The van der Waals surface area contributed by atoms with Crippen molar-refractivity contribution in [1.29, 1.82) is 0 Å². The van der Waals surface area contributed by atoms with Crippen molar-refractivity contribution in [1.82, 2.24) is 10.6 Å². The Kier molecular flexibility index (Phi) is 3.90. The lowest BCUT2D eigenvalue weighted by Crippen LogP contribution is -2.66. The van der Waals surface area contributed by atoms with Crippen LogP contribution in [-0.4, -0.2) is 31.7 Å². The Morgan fingerprint density at radius 1 is 1.28 bits per heavy atom. The van der Waals surface area contributed by atoms with E-state index in [1.165, 1.54) is 0 Å². The van der Waals surface area contributed by atoms with Crippen molar-refractivity contribution in [3.05, 3.63) is 35.9 Å². The topological polar surface area (TPSA) is 50.4 Å². The van der Waals surface area contributed by atoms with Crippen molar-refractivity contribution >= 4 is 18.3 Å². The van der Waals surface area contributed by atoms with E-state index in [1.54, 1.807) is 0 Å². The molecule has 0 saturated carbocycles. The first kappa shape index (κ1) is 13.3. The van der Waals surface area contributed by atoms with Crippen LogP contribution in [0.4, 0.5) is 0 Å². The van der Waals surface area contributed by atoms with E-state index in [2.05, 4.69) is 22.8 Å². The smallest absolute Gasteiger partial charge is 0.246 e. The molecular weight excluding hydrogens is 252 g/mol. The normalized spacial score (nSPS) is 30.9. The van der Waals surface area contributed by atoms with Crippen molar-refractivity contribution in [3.8, 4) is 0 Å². The number of morpholine rings is 1. The largest absolute Gasteiger partial charge is 0.364 e. The Balaban J connectivity index is 0.00000120. The van der Waals surface area contributed by atoms with E-state index in [-0.39, 0.29) is 36.6 Å². The summed E-state index contributed by atoms with van der Waals surface area (Å²) in [5.74, 6) is -0.0213. The van der Waals surface area contributed by atoms with Gasteiger partial charge in [-0.1, -0.05) is 30.3 Å². The van der Waals surface area contributed by atoms with Crippen molar-refractivity contribution in [3.63, 3.8) is 0 Å². The van der Waals surface area contributed by atoms with E-state index in [4.69, 9.17) is 4.74 Å². The number of fused-ring (bicyclic) bond motifs is 1. The van der Waals surface area contributed by atoms with Gasteiger partial charge in [0.05, 0.1) is 11.6 Å². The molecule has 2 atom stereocenters.